The summed E-state index contributed by atoms with van der Waals surface area (Å²) in [6, 6.07) is 7.36. The van der Waals surface area contributed by atoms with Crippen molar-refractivity contribution in [3.8, 4) is 5.75 Å². The normalized spacial score (nSPS) is 10.8. The van der Waals surface area contributed by atoms with Crippen LogP contribution in [-0.4, -0.2) is 18.2 Å². The van der Waals surface area contributed by atoms with Gasteiger partial charge < -0.3 is 9.47 Å². The van der Waals surface area contributed by atoms with Gasteiger partial charge in [0.15, 0.2) is 6.61 Å². The Bertz CT molecular complexity index is 402. The largest absolute Gasteiger partial charge is 0.482 e. The molecule has 0 atom stereocenters. The molecule has 1 rings (SSSR count). The molecule has 0 amide bonds. The first-order valence-electron chi connectivity index (χ1n) is 5.48. The molecule has 0 aliphatic heterocycles. The highest BCUT2D eigenvalue weighted by Gasteiger charge is 2.16. The van der Waals surface area contributed by atoms with Crippen LogP contribution in [0.15, 0.2) is 30.8 Å². The molecule has 0 N–H and O–H groups in total. The van der Waals surface area contributed by atoms with E-state index in [0.717, 1.165) is 5.56 Å². The molecule has 92 valence electrons. The smallest absolute Gasteiger partial charge is 0.344 e. The van der Waals surface area contributed by atoms with Crippen LogP contribution in [0.1, 0.15) is 26.3 Å². The van der Waals surface area contributed by atoms with Crippen LogP contribution >= 0.6 is 0 Å². The molecule has 0 aromatic heterocycles. The van der Waals surface area contributed by atoms with E-state index in [-0.39, 0.29) is 12.6 Å². The molecule has 0 saturated heterocycles. The van der Waals surface area contributed by atoms with Crippen molar-refractivity contribution in [2.75, 3.05) is 6.61 Å². The number of carbonyl (C=O) groups is 1. The average molecular weight is 234 g/mol. The second kappa shape index (κ2) is 5.53. The van der Waals surface area contributed by atoms with E-state index in [1.165, 1.54) is 0 Å². The lowest BCUT2D eigenvalue weighted by molar-refractivity contribution is -0.157. The van der Waals surface area contributed by atoms with Crippen molar-refractivity contribution in [3.05, 3.63) is 36.4 Å². The van der Waals surface area contributed by atoms with E-state index in [4.69, 9.17) is 9.47 Å². The molecule has 0 spiro atoms. The summed E-state index contributed by atoms with van der Waals surface area (Å²) in [5.74, 6) is 0.259. The van der Waals surface area contributed by atoms with Crippen LogP contribution in [-0.2, 0) is 9.53 Å². The van der Waals surface area contributed by atoms with Crippen molar-refractivity contribution in [1.29, 1.82) is 0 Å². The van der Waals surface area contributed by atoms with E-state index < -0.39 is 5.60 Å². The molecule has 1 aromatic rings. The van der Waals surface area contributed by atoms with Crippen molar-refractivity contribution in [1.82, 2.24) is 0 Å². The van der Waals surface area contributed by atoms with Crippen molar-refractivity contribution < 1.29 is 14.3 Å². The van der Waals surface area contributed by atoms with E-state index in [9.17, 15) is 4.79 Å². The van der Waals surface area contributed by atoms with E-state index in [1.807, 2.05) is 39.0 Å². The van der Waals surface area contributed by atoms with Crippen molar-refractivity contribution in [3.63, 3.8) is 0 Å². The highest BCUT2D eigenvalue weighted by atomic mass is 16.6. The predicted molar refractivity (Wildman–Crippen MR) is 67.9 cm³/mol. The molecule has 0 unspecified atom stereocenters. The summed E-state index contributed by atoms with van der Waals surface area (Å²) >= 11 is 0. The third-order valence-electron chi connectivity index (χ3n) is 1.87. The Morgan fingerprint density at radius 3 is 2.71 bits per heavy atom. The maximum Gasteiger partial charge on any atom is 0.344 e. The number of rotatable bonds is 4. The molecule has 17 heavy (non-hydrogen) atoms. The lowest BCUT2D eigenvalue weighted by Gasteiger charge is -2.19. The van der Waals surface area contributed by atoms with Gasteiger partial charge in [-0.1, -0.05) is 24.8 Å². The highest BCUT2D eigenvalue weighted by Crippen LogP contribution is 2.14. The minimum atomic E-state index is -0.483. The standard InChI is InChI=1S/C14H18O3/c1-5-11-7-6-8-12(9-11)16-10-13(15)17-14(2,3)4/h5-9H,1,10H2,2-4H3. The number of hydrogen-bond acceptors (Lipinski definition) is 3. The fourth-order valence-electron chi connectivity index (χ4n) is 1.24. The molecular formula is C14H18O3. The maximum absolute atomic E-state index is 11.4. The first-order chi connectivity index (χ1) is 7.90. The van der Waals surface area contributed by atoms with Gasteiger partial charge in [-0.2, -0.15) is 0 Å². The summed E-state index contributed by atoms with van der Waals surface area (Å²) in [4.78, 5) is 11.4. The zero-order valence-electron chi connectivity index (χ0n) is 10.5. The topological polar surface area (TPSA) is 35.5 Å². The molecule has 3 nitrogen and oxygen atoms in total. The molecule has 0 aliphatic carbocycles. The SMILES string of the molecule is C=Cc1cccc(OCC(=O)OC(C)(C)C)c1. The van der Waals surface area contributed by atoms with E-state index >= 15 is 0 Å². The molecule has 0 radical (unpaired) electrons. The summed E-state index contributed by atoms with van der Waals surface area (Å²) in [5, 5.41) is 0. The molecule has 0 saturated carbocycles. The third kappa shape index (κ3) is 5.20. The van der Waals surface area contributed by atoms with Crippen molar-refractivity contribution in [2.24, 2.45) is 0 Å². The lowest BCUT2D eigenvalue weighted by atomic mass is 10.2. The van der Waals surface area contributed by atoms with Gasteiger partial charge in [-0.05, 0) is 38.5 Å². The first-order valence-corrected chi connectivity index (χ1v) is 5.48. The zero-order valence-corrected chi connectivity index (χ0v) is 10.5. The molecule has 0 aliphatic rings. The molecular weight excluding hydrogens is 216 g/mol. The Morgan fingerprint density at radius 2 is 2.12 bits per heavy atom. The molecule has 0 heterocycles. The van der Waals surface area contributed by atoms with Crippen LogP contribution in [0.3, 0.4) is 0 Å². The van der Waals surface area contributed by atoms with Crippen LogP contribution in [0.4, 0.5) is 0 Å². The minimum Gasteiger partial charge on any atom is -0.482 e. The van der Waals surface area contributed by atoms with Crippen LogP contribution in [0.2, 0.25) is 0 Å². The van der Waals surface area contributed by atoms with Crippen LogP contribution in [0, 0.1) is 0 Å². The van der Waals surface area contributed by atoms with Gasteiger partial charge in [-0.25, -0.2) is 4.79 Å². The molecule has 0 bridgehead atoms. The van der Waals surface area contributed by atoms with Crippen LogP contribution in [0.25, 0.3) is 6.08 Å². The number of carbonyl (C=O) groups excluding carboxylic acids is 1. The van der Waals surface area contributed by atoms with Gasteiger partial charge in [0.25, 0.3) is 0 Å². The van der Waals surface area contributed by atoms with E-state index in [2.05, 4.69) is 6.58 Å². The monoisotopic (exact) mass is 234 g/mol. The maximum atomic E-state index is 11.4. The van der Waals surface area contributed by atoms with Gasteiger partial charge in [0.2, 0.25) is 0 Å². The summed E-state index contributed by atoms with van der Waals surface area (Å²) in [7, 11) is 0. The second-order valence-electron chi connectivity index (χ2n) is 4.65. The summed E-state index contributed by atoms with van der Waals surface area (Å²) in [5.41, 5.74) is 0.468. The number of hydrogen-bond donors (Lipinski definition) is 0. The molecule has 0 fully saturated rings. The zero-order chi connectivity index (χ0) is 12.9. The number of ether oxygens (including phenoxy) is 2. The second-order valence-corrected chi connectivity index (χ2v) is 4.65. The molecule has 1 aromatic carbocycles. The lowest BCUT2D eigenvalue weighted by Crippen LogP contribution is -2.27. The fraction of sp³-hybridized carbons (Fsp3) is 0.357. The summed E-state index contributed by atoms with van der Waals surface area (Å²) in [6.07, 6.45) is 1.72. The van der Waals surface area contributed by atoms with Gasteiger partial charge in [0, 0.05) is 0 Å². The fourth-order valence-corrected chi connectivity index (χ4v) is 1.24. The minimum absolute atomic E-state index is 0.0855. The van der Waals surface area contributed by atoms with Crippen LogP contribution in [0.5, 0.6) is 5.75 Å². The van der Waals surface area contributed by atoms with Crippen LogP contribution < -0.4 is 4.74 Å². The summed E-state index contributed by atoms with van der Waals surface area (Å²) in [6.45, 7) is 9.05. The van der Waals surface area contributed by atoms with Gasteiger partial charge in [-0.15, -0.1) is 0 Å². The highest BCUT2D eigenvalue weighted by molar-refractivity contribution is 5.71. The van der Waals surface area contributed by atoms with E-state index in [1.54, 1.807) is 12.1 Å². The average Bonchev–Trinajstić information content (AvgIpc) is 2.24. The van der Waals surface area contributed by atoms with Gasteiger partial charge in [-0.3, -0.25) is 0 Å². The van der Waals surface area contributed by atoms with Crippen molar-refractivity contribution >= 4 is 12.0 Å². The quantitative estimate of drug-likeness (QED) is 0.751. The third-order valence-corrected chi connectivity index (χ3v) is 1.87. The van der Waals surface area contributed by atoms with Gasteiger partial charge in [0.1, 0.15) is 11.4 Å². The number of esters is 1. The Balaban J connectivity index is 2.50. The Kier molecular flexibility index (Phi) is 4.32. The predicted octanol–water partition coefficient (Wildman–Crippen LogP) is 3.05. The van der Waals surface area contributed by atoms with E-state index in [0.29, 0.717) is 5.75 Å². The Hall–Kier alpha value is -1.77. The number of benzene rings is 1. The summed E-state index contributed by atoms with van der Waals surface area (Å²) < 4.78 is 10.5. The van der Waals surface area contributed by atoms with Gasteiger partial charge in [0.05, 0.1) is 0 Å². The Labute approximate surface area is 102 Å². The van der Waals surface area contributed by atoms with Crippen molar-refractivity contribution in [2.45, 2.75) is 26.4 Å². The molecule has 3 heteroatoms. The van der Waals surface area contributed by atoms with Gasteiger partial charge >= 0.3 is 5.97 Å². The first kappa shape index (κ1) is 13.3. The Morgan fingerprint density at radius 1 is 1.41 bits per heavy atom.